The molecule has 108 valence electrons. The van der Waals surface area contributed by atoms with Crippen molar-refractivity contribution in [2.24, 2.45) is 0 Å². The minimum atomic E-state index is -0.327. The number of aromatic nitrogens is 3. The van der Waals surface area contributed by atoms with Crippen LogP contribution in [0.2, 0.25) is 0 Å². The van der Waals surface area contributed by atoms with E-state index in [2.05, 4.69) is 31.1 Å². The molecule has 4 rings (SSSR count). The van der Waals surface area contributed by atoms with Crippen LogP contribution in [-0.2, 0) is 6.54 Å². The number of H-pyrrole nitrogens is 1. The van der Waals surface area contributed by atoms with Crippen LogP contribution in [0.25, 0.3) is 11.0 Å². The van der Waals surface area contributed by atoms with E-state index in [0.29, 0.717) is 22.2 Å². The van der Waals surface area contributed by atoms with Crippen molar-refractivity contribution in [3.05, 3.63) is 57.8 Å². The first kappa shape index (κ1) is 13.1. The molecule has 0 atom stereocenters. The van der Waals surface area contributed by atoms with Crippen LogP contribution in [0.4, 0.5) is 0 Å². The highest BCUT2D eigenvalue weighted by atomic mass is 79.9. The fourth-order valence-electron chi connectivity index (χ4n) is 2.61. The van der Waals surface area contributed by atoms with Gasteiger partial charge in [0, 0.05) is 10.7 Å². The summed E-state index contributed by atoms with van der Waals surface area (Å²) in [6, 6.07) is 7.51. The molecule has 1 aliphatic heterocycles. The Kier molecular flexibility index (Phi) is 2.83. The average Bonchev–Trinajstić information content (AvgIpc) is 3.08. The lowest BCUT2D eigenvalue weighted by Crippen LogP contribution is -2.29. The maximum absolute atomic E-state index is 12.7. The monoisotopic (exact) mass is 356 g/mol. The number of halogens is 1. The Hall–Kier alpha value is -2.54. The third-order valence-corrected chi connectivity index (χ3v) is 4.48. The second-order valence-corrected chi connectivity index (χ2v) is 5.82. The van der Waals surface area contributed by atoms with Crippen LogP contribution in [-0.4, -0.2) is 31.9 Å². The molecule has 3 aromatic rings. The number of nitrogens with one attached hydrogen (secondary N) is 1. The molecule has 7 heteroatoms. The number of imide groups is 1. The lowest BCUT2D eigenvalue weighted by Gasteiger charge is -2.14. The smallest absolute Gasteiger partial charge is 0.263 e. The zero-order valence-corrected chi connectivity index (χ0v) is 12.8. The van der Waals surface area contributed by atoms with Gasteiger partial charge >= 0.3 is 0 Å². The molecule has 2 aromatic heterocycles. The third kappa shape index (κ3) is 1.79. The molecule has 0 aliphatic carbocycles. The van der Waals surface area contributed by atoms with Gasteiger partial charge in [0.25, 0.3) is 11.8 Å². The van der Waals surface area contributed by atoms with Crippen molar-refractivity contribution >= 4 is 38.8 Å². The van der Waals surface area contributed by atoms with Crippen molar-refractivity contribution in [2.75, 3.05) is 0 Å². The van der Waals surface area contributed by atoms with Crippen molar-refractivity contribution in [3.8, 4) is 0 Å². The van der Waals surface area contributed by atoms with Crippen LogP contribution in [0.5, 0.6) is 0 Å². The number of hydrogen-bond donors (Lipinski definition) is 1. The number of benzene rings is 1. The van der Waals surface area contributed by atoms with E-state index in [0.717, 1.165) is 10.0 Å². The van der Waals surface area contributed by atoms with Crippen LogP contribution >= 0.6 is 15.9 Å². The van der Waals surface area contributed by atoms with E-state index in [4.69, 9.17) is 0 Å². The summed E-state index contributed by atoms with van der Waals surface area (Å²) in [6.07, 6.45) is 2.95. The van der Waals surface area contributed by atoms with Crippen molar-refractivity contribution in [3.63, 3.8) is 0 Å². The van der Waals surface area contributed by atoms with Gasteiger partial charge in [-0.3, -0.25) is 19.6 Å². The zero-order valence-electron chi connectivity index (χ0n) is 11.2. The standard InChI is InChI=1S/C15H9BrN4O2/c16-11-4-2-1-3-8(11)7-20-14(21)10-5-17-13-9(6-18-19-13)12(10)15(20)22/h1-6H,7H2,(H,17,18,19). The molecule has 0 saturated heterocycles. The summed E-state index contributed by atoms with van der Waals surface area (Å²) in [5.74, 6) is -0.643. The van der Waals surface area contributed by atoms with Gasteiger partial charge in [-0.25, -0.2) is 4.98 Å². The predicted octanol–water partition coefficient (Wildman–Crippen LogP) is 2.52. The van der Waals surface area contributed by atoms with E-state index in [-0.39, 0.29) is 18.4 Å². The number of hydrogen-bond acceptors (Lipinski definition) is 4. The average molecular weight is 357 g/mol. The highest BCUT2D eigenvalue weighted by molar-refractivity contribution is 9.10. The van der Waals surface area contributed by atoms with Crippen molar-refractivity contribution in [1.82, 2.24) is 20.1 Å². The second kappa shape index (κ2) is 4.74. The van der Waals surface area contributed by atoms with E-state index in [1.54, 1.807) is 0 Å². The number of amides is 2. The molecule has 3 heterocycles. The molecule has 22 heavy (non-hydrogen) atoms. The molecule has 1 aromatic carbocycles. The third-order valence-electron chi connectivity index (χ3n) is 3.70. The summed E-state index contributed by atoms with van der Waals surface area (Å²) in [6.45, 7) is 0.215. The maximum atomic E-state index is 12.7. The number of pyridine rings is 1. The van der Waals surface area contributed by atoms with E-state index in [1.807, 2.05) is 24.3 Å². The highest BCUT2D eigenvalue weighted by Crippen LogP contribution is 2.30. The highest BCUT2D eigenvalue weighted by Gasteiger charge is 2.38. The van der Waals surface area contributed by atoms with Gasteiger partial charge in [-0.1, -0.05) is 34.1 Å². The molecule has 0 bridgehead atoms. The maximum Gasteiger partial charge on any atom is 0.263 e. The van der Waals surface area contributed by atoms with Crippen LogP contribution in [0, 0.1) is 0 Å². The molecular formula is C15H9BrN4O2. The van der Waals surface area contributed by atoms with Crippen molar-refractivity contribution in [1.29, 1.82) is 0 Å². The van der Waals surface area contributed by atoms with E-state index in [1.165, 1.54) is 17.3 Å². The van der Waals surface area contributed by atoms with Gasteiger partial charge in [0.2, 0.25) is 0 Å². The van der Waals surface area contributed by atoms with Crippen LogP contribution in [0.3, 0.4) is 0 Å². The molecule has 0 spiro atoms. The van der Waals surface area contributed by atoms with E-state index in [9.17, 15) is 9.59 Å². The minimum absolute atomic E-state index is 0.215. The Bertz CT molecular complexity index is 934. The van der Waals surface area contributed by atoms with Gasteiger partial charge < -0.3 is 0 Å². The number of carbonyl (C=O) groups excluding carboxylic acids is 2. The summed E-state index contributed by atoms with van der Waals surface area (Å²) < 4.78 is 0.859. The first-order chi connectivity index (χ1) is 10.7. The fraction of sp³-hybridized carbons (Fsp3) is 0.0667. The Morgan fingerprint density at radius 2 is 1.95 bits per heavy atom. The fourth-order valence-corrected chi connectivity index (χ4v) is 3.02. The Balaban J connectivity index is 1.79. The molecule has 1 N–H and O–H groups in total. The Morgan fingerprint density at radius 1 is 1.14 bits per heavy atom. The molecule has 0 radical (unpaired) electrons. The molecule has 0 fully saturated rings. The number of fused-ring (bicyclic) bond motifs is 3. The summed E-state index contributed by atoms with van der Waals surface area (Å²) in [5, 5.41) is 7.17. The molecule has 0 unspecified atom stereocenters. The van der Waals surface area contributed by atoms with Gasteiger partial charge in [-0.15, -0.1) is 0 Å². The summed E-state index contributed by atoms with van der Waals surface area (Å²) in [5.41, 5.74) is 2.07. The Morgan fingerprint density at radius 3 is 2.77 bits per heavy atom. The molecule has 1 aliphatic rings. The van der Waals surface area contributed by atoms with Crippen LogP contribution in [0.15, 0.2) is 41.1 Å². The van der Waals surface area contributed by atoms with Gasteiger partial charge in [0.05, 0.1) is 29.3 Å². The largest absolute Gasteiger partial charge is 0.270 e. The van der Waals surface area contributed by atoms with Gasteiger partial charge in [0.15, 0.2) is 5.65 Å². The molecule has 0 saturated carbocycles. The minimum Gasteiger partial charge on any atom is -0.270 e. The number of rotatable bonds is 2. The number of aromatic amines is 1. The Labute approximate surface area is 133 Å². The summed E-state index contributed by atoms with van der Waals surface area (Å²) >= 11 is 3.44. The van der Waals surface area contributed by atoms with Gasteiger partial charge in [-0.05, 0) is 11.6 Å². The summed E-state index contributed by atoms with van der Waals surface area (Å²) in [4.78, 5) is 30.5. The second-order valence-electron chi connectivity index (χ2n) is 4.97. The first-order valence-electron chi connectivity index (χ1n) is 6.58. The predicted molar refractivity (Wildman–Crippen MR) is 82.2 cm³/mol. The lowest BCUT2D eigenvalue weighted by molar-refractivity contribution is 0.0642. The summed E-state index contributed by atoms with van der Waals surface area (Å²) in [7, 11) is 0. The van der Waals surface area contributed by atoms with Gasteiger partial charge in [0.1, 0.15) is 0 Å². The molecule has 2 amide bonds. The lowest BCUT2D eigenvalue weighted by atomic mass is 10.1. The first-order valence-corrected chi connectivity index (χ1v) is 7.38. The van der Waals surface area contributed by atoms with Crippen molar-refractivity contribution < 1.29 is 9.59 Å². The van der Waals surface area contributed by atoms with Crippen LogP contribution < -0.4 is 0 Å². The SMILES string of the molecule is O=C1c2cnc3[nH]ncc3c2C(=O)N1Cc1ccccc1Br. The molecule has 6 nitrogen and oxygen atoms in total. The quantitative estimate of drug-likeness (QED) is 0.715. The topological polar surface area (TPSA) is 79.0 Å². The van der Waals surface area contributed by atoms with Crippen molar-refractivity contribution in [2.45, 2.75) is 6.54 Å². The van der Waals surface area contributed by atoms with E-state index >= 15 is 0 Å². The number of nitrogens with zero attached hydrogens (tertiary/aromatic N) is 3. The number of carbonyl (C=O) groups is 2. The van der Waals surface area contributed by atoms with Gasteiger partial charge in [-0.2, -0.15) is 5.10 Å². The van der Waals surface area contributed by atoms with Crippen LogP contribution in [0.1, 0.15) is 26.3 Å². The molecular weight excluding hydrogens is 348 g/mol. The zero-order chi connectivity index (χ0) is 15.3. The van der Waals surface area contributed by atoms with E-state index < -0.39 is 0 Å². The normalized spacial score (nSPS) is 14.0.